The molecular weight excluding hydrogens is 506 g/mol. The molecular formula is C26H35N7O4S. The van der Waals surface area contributed by atoms with Crippen LogP contribution in [0.2, 0.25) is 0 Å². The summed E-state index contributed by atoms with van der Waals surface area (Å²) >= 11 is 0. The van der Waals surface area contributed by atoms with Crippen LogP contribution in [0.5, 0.6) is 5.88 Å². The molecule has 11 nitrogen and oxygen atoms in total. The molecule has 1 fully saturated rings. The van der Waals surface area contributed by atoms with E-state index in [2.05, 4.69) is 56.3 Å². The van der Waals surface area contributed by atoms with Crippen LogP contribution in [0.1, 0.15) is 58.3 Å². The molecule has 12 heteroatoms. The van der Waals surface area contributed by atoms with Crippen molar-refractivity contribution in [2.24, 2.45) is 11.3 Å². The number of carbonyl (C=O) groups excluding carboxylic acids is 1. The summed E-state index contributed by atoms with van der Waals surface area (Å²) in [6.07, 6.45) is 2.62. The smallest absolute Gasteiger partial charge is 0.281 e. The van der Waals surface area contributed by atoms with E-state index >= 15 is 0 Å². The molecule has 3 aromatic rings. The van der Waals surface area contributed by atoms with E-state index in [0.717, 1.165) is 6.42 Å². The van der Waals surface area contributed by atoms with Crippen LogP contribution in [-0.4, -0.2) is 52.8 Å². The maximum atomic E-state index is 13.4. The van der Waals surface area contributed by atoms with E-state index in [1.165, 1.54) is 18.2 Å². The number of nitrogen functional groups attached to an aromatic ring is 1. The normalized spacial score (nSPS) is 17.4. The largest absolute Gasteiger partial charge is 0.476 e. The number of anilines is 2. The average Bonchev–Trinajstić information content (AvgIpc) is 3.39. The maximum Gasteiger partial charge on any atom is 0.281 e. The van der Waals surface area contributed by atoms with Crippen molar-refractivity contribution in [1.29, 1.82) is 0 Å². The monoisotopic (exact) mass is 541 g/mol. The van der Waals surface area contributed by atoms with Gasteiger partial charge in [-0.1, -0.05) is 33.8 Å². The number of aromatic nitrogens is 4. The van der Waals surface area contributed by atoms with Gasteiger partial charge in [0.05, 0.1) is 12.2 Å². The van der Waals surface area contributed by atoms with Crippen molar-refractivity contribution in [3.05, 3.63) is 48.2 Å². The molecule has 38 heavy (non-hydrogen) atoms. The van der Waals surface area contributed by atoms with E-state index in [0.29, 0.717) is 36.6 Å². The summed E-state index contributed by atoms with van der Waals surface area (Å²) < 4.78 is 35.3. The third-order valence-corrected chi connectivity index (χ3v) is 7.37. The van der Waals surface area contributed by atoms with Gasteiger partial charge in [0.15, 0.2) is 10.8 Å². The van der Waals surface area contributed by atoms with Gasteiger partial charge in [0.25, 0.3) is 15.9 Å². The molecule has 1 atom stereocenters. The highest BCUT2D eigenvalue weighted by molar-refractivity contribution is 7.90. The average molecular weight is 542 g/mol. The molecule has 0 unspecified atom stereocenters. The minimum absolute atomic E-state index is 0.0242. The molecule has 1 aliphatic rings. The second kappa shape index (κ2) is 9.90. The Hall–Kier alpha value is -3.67. The van der Waals surface area contributed by atoms with Gasteiger partial charge in [0.1, 0.15) is 11.6 Å². The SMILES string of the molecule is C[C@@H]1CN(c2nc(-n3ccc(OCC(C)(C)C)n3)ccc2C(=O)NS(=O)(=O)c2cccc(N)n2)C(C)(C)C1. The molecule has 0 aliphatic carbocycles. The molecule has 1 aliphatic heterocycles. The molecule has 3 aromatic heterocycles. The number of nitrogens with zero attached hydrogens (tertiary/aromatic N) is 5. The van der Waals surface area contributed by atoms with Crippen molar-refractivity contribution in [1.82, 2.24) is 24.5 Å². The zero-order chi connectivity index (χ0) is 27.9. The molecule has 3 N–H and O–H groups in total. The lowest BCUT2D eigenvalue weighted by Gasteiger charge is -2.34. The molecule has 0 aromatic carbocycles. The lowest BCUT2D eigenvalue weighted by atomic mass is 9.97. The van der Waals surface area contributed by atoms with Crippen LogP contribution in [-0.2, 0) is 10.0 Å². The first kappa shape index (κ1) is 27.4. The van der Waals surface area contributed by atoms with Gasteiger partial charge in [-0.05, 0) is 55.9 Å². The van der Waals surface area contributed by atoms with E-state index in [-0.39, 0.29) is 27.4 Å². The Bertz CT molecular complexity index is 1440. The number of sulfonamides is 1. The first-order chi connectivity index (χ1) is 17.6. The van der Waals surface area contributed by atoms with Crippen LogP contribution in [0, 0.1) is 11.3 Å². The Morgan fingerprint density at radius 1 is 1.18 bits per heavy atom. The van der Waals surface area contributed by atoms with Crippen LogP contribution < -0.4 is 20.1 Å². The number of pyridine rings is 2. The van der Waals surface area contributed by atoms with Crippen LogP contribution >= 0.6 is 0 Å². The molecule has 4 rings (SSSR count). The van der Waals surface area contributed by atoms with Gasteiger partial charge in [-0.3, -0.25) is 4.79 Å². The van der Waals surface area contributed by atoms with Gasteiger partial charge in [-0.15, -0.1) is 5.10 Å². The Kier molecular flexibility index (Phi) is 7.13. The van der Waals surface area contributed by atoms with Gasteiger partial charge >= 0.3 is 0 Å². The summed E-state index contributed by atoms with van der Waals surface area (Å²) in [5, 5.41) is 4.14. The molecule has 0 bridgehead atoms. The fourth-order valence-corrected chi connectivity index (χ4v) is 5.46. The summed E-state index contributed by atoms with van der Waals surface area (Å²) in [5.41, 5.74) is 5.43. The molecule has 204 valence electrons. The Morgan fingerprint density at radius 3 is 2.55 bits per heavy atom. The van der Waals surface area contributed by atoms with E-state index in [9.17, 15) is 13.2 Å². The van der Waals surface area contributed by atoms with Crippen LogP contribution in [0.4, 0.5) is 11.6 Å². The fourth-order valence-electron chi connectivity index (χ4n) is 4.52. The van der Waals surface area contributed by atoms with E-state index in [4.69, 9.17) is 15.5 Å². The van der Waals surface area contributed by atoms with Gasteiger partial charge < -0.3 is 15.4 Å². The number of hydrogen-bond acceptors (Lipinski definition) is 9. The quantitative estimate of drug-likeness (QED) is 0.459. The summed E-state index contributed by atoms with van der Waals surface area (Å²) in [5.74, 6) is 0.878. The van der Waals surface area contributed by atoms with E-state index < -0.39 is 15.9 Å². The third-order valence-electron chi connectivity index (χ3n) is 6.13. The number of hydrogen-bond donors (Lipinski definition) is 2. The zero-order valence-corrected chi connectivity index (χ0v) is 23.4. The first-order valence-corrected chi connectivity index (χ1v) is 13.9. The second-order valence-electron chi connectivity index (χ2n) is 11.6. The number of nitrogens with two attached hydrogens (primary N) is 1. The number of rotatable bonds is 7. The Morgan fingerprint density at radius 2 is 1.92 bits per heavy atom. The van der Waals surface area contributed by atoms with Crippen molar-refractivity contribution >= 4 is 27.6 Å². The summed E-state index contributed by atoms with van der Waals surface area (Å²) in [6, 6.07) is 9.13. The Labute approximate surface area is 223 Å². The van der Waals surface area contributed by atoms with E-state index in [1.807, 2.05) is 4.90 Å². The number of nitrogens with one attached hydrogen (secondary N) is 1. The maximum absolute atomic E-state index is 13.4. The summed E-state index contributed by atoms with van der Waals surface area (Å²) in [7, 11) is -4.26. The van der Waals surface area contributed by atoms with Gasteiger partial charge in [-0.2, -0.15) is 8.42 Å². The van der Waals surface area contributed by atoms with Crippen molar-refractivity contribution in [3.63, 3.8) is 0 Å². The third kappa shape index (κ3) is 6.07. The number of carbonyl (C=O) groups is 1. The molecule has 1 amide bonds. The van der Waals surface area contributed by atoms with Crippen molar-refractivity contribution in [3.8, 4) is 11.7 Å². The Balaban J connectivity index is 1.70. The molecule has 0 saturated carbocycles. The predicted octanol–water partition coefficient (Wildman–Crippen LogP) is 3.41. The van der Waals surface area contributed by atoms with Crippen LogP contribution in [0.3, 0.4) is 0 Å². The van der Waals surface area contributed by atoms with Crippen molar-refractivity contribution < 1.29 is 17.9 Å². The lowest BCUT2D eigenvalue weighted by Crippen LogP contribution is -2.41. The molecule has 0 spiro atoms. The zero-order valence-electron chi connectivity index (χ0n) is 22.6. The fraction of sp³-hybridized carbons (Fsp3) is 0.462. The van der Waals surface area contributed by atoms with Gasteiger partial charge in [0, 0.05) is 24.3 Å². The highest BCUT2D eigenvalue weighted by Gasteiger charge is 2.39. The van der Waals surface area contributed by atoms with Crippen LogP contribution in [0.25, 0.3) is 5.82 Å². The van der Waals surface area contributed by atoms with Gasteiger partial charge in [0.2, 0.25) is 5.88 Å². The number of ether oxygens (including phenoxy) is 1. The van der Waals surface area contributed by atoms with Gasteiger partial charge in [-0.25, -0.2) is 19.4 Å². The standard InChI is InChI=1S/C26H35N7O4S/c1-17-14-26(5,6)32(15-17)23-18(24(34)31-38(35,36)22-9-7-8-19(27)28-22)10-11-20(29-23)33-13-12-21(30-33)37-16-25(2,3)4/h7-13,17H,14-16H2,1-6H3,(H2,27,28)(H,31,34)/t17-/m0/s1. The van der Waals surface area contributed by atoms with E-state index in [1.54, 1.807) is 29.1 Å². The van der Waals surface area contributed by atoms with Crippen molar-refractivity contribution in [2.75, 3.05) is 23.8 Å². The minimum atomic E-state index is -4.26. The van der Waals surface area contributed by atoms with Crippen molar-refractivity contribution in [2.45, 2.75) is 58.5 Å². The topological polar surface area (TPSA) is 145 Å². The predicted molar refractivity (Wildman–Crippen MR) is 145 cm³/mol. The highest BCUT2D eigenvalue weighted by Crippen LogP contribution is 2.37. The first-order valence-electron chi connectivity index (χ1n) is 12.4. The molecule has 4 heterocycles. The summed E-state index contributed by atoms with van der Waals surface area (Å²) in [4.78, 5) is 24.0. The van der Waals surface area contributed by atoms with Crippen LogP contribution in [0.15, 0.2) is 47.6 Å². The molecule has 1 saturated heterocycles. The molecule has 0 radical (unpaired) electrons. The summed E-state index contributed by atoms with van der Waals surface area (Å²) in [6.45, 7) is 13.7. The highest BCUT2D eigenvalue weighted by atomic mass is 32.2. The lowest BCUT2D eigenvalue weighted by molar-refractivity contribution is 0.0981. The second-order valence-corrected chi connectivity index (χ2v) is 13.2. The minimum Gasteiger partial charge on any atom is -0.476 e. The number of amides is 1.